The number of aromatic nitrogens is 1. The molecule has 1 aromatic heterocycles. The van der Waals surface area contributed by atoms with Gasteiger partial charge in [-0.25, -0.2) is 0 Å². The second-order valence-corrected chi connectivity index (χ2v) is 9.33. The summed E-state index contributed by atoms with van der Waals surface area (Å²) < 4.78 is 11.0. The summed E-state index contributed by atoms with van der Waals surface area (Å²) in [6.45, 7) is 2.48. The Hall–Kier alpha value is -4.53. The van der Waals surface area contributed by atoms with Gasteiger partial charge in [0.2, 0.25) is 5.91 Å². The first-order chi connectivity index (χ1) is 18.5. The van der Waals surface area contributed by atoms with E-state index in [2.05, 4.69) is 16.0 Å². The summed E-state index contributed by atoms with van der Waals surface area (Å²) in [4.78, 5) is 31.6. The number of piperazine rings is 1. The van der Waals surface area contributed by atoms with E-state index in [-0.39, 0.29) is 17.5 Å². The van der Waals surface area contributed by atoms with E-state index in [1.807, 2.05) is 47.5 Å². The number of aromatic amines is 1. The summed E-state index contributed by atoms with van der Waals surface area (Å²) in [6, 6.07) is 20.4. The van der Waals surface area contributed by atoms with Crippen molar-refractivity contribution in [2.24, 2.45) is 0 Å². The summed E-state index contributed by atoms with van der Waals surface area (Å²) in [6.07, 6.45) is 2.29. The molecule has 1 saturated heterocycles. The van der Waals surface area contributed by atoms with Crippen molar-refractivity contribution >= 4 is 28.2 Å². The second kappa shape index (κ2) is 10.8. The molecule has 1 fully saturated rings. The van der Waals surface area contributed by atoms with Crippen LogP contribution in [-0.4, -0.2) is 61.1 Å². The molecule has 5 rings (SSSR count). The Balaban J connectivity index is 1.37. The van der Waals surface area contributed by atoms with Crippen molar-refractivity contribution in [3.63, 3.8) is 0 Å². The van der Waals surface area contributed by atoms with Crippen LogP contribution in [0, 0.1) is 10.1 Å². The van der Waals surface area contributed by atoms with Gasteiger partial charge >= 0.3 is 0 Å². The summed E-state index contributed by atoms with van der Waals surface area (Å²) in [5, 5.41) is 12.0. The number of hydrogen-bond acceptors (Lipinski definition) is 6. The number of nitrogens with one attached hydrogen (secondary N) is 1. The number of nitrogens with zero attached hydrogens (tertiary/aromatic N) is 3. The van der Waals surface area contributed by atoms with Crippen molar-refractivity contribution in [1.82, 2.24) is 9.88 Å². The highest BCUT2D eigenvalue weighted by Crippen LogP contribution is 2.37. The predicted octanol–water partition coefficient (Wildman–Crippen LogP) is 4.96. The molecule has 0 spiro atoms. The van der Waals surface area contributed by atoms with E-state index >= 15 is 0 Å². The molecule has 0 aliphatic carbocycles. The molecule has 0 radical (unpaired) electrons. The Kier molecular flexibility index (Phi) is 7.17. The number of fused-ring (bicyclic) bond motifs is 1. The van der Waals surface area contributed by atoms with Gasteiger partial charge in [0.25, 0.3) is 5.69 Å². The van der Waals surface area contributed by atoms with Crippen LogP contribution in [0.3, 0.4) is 0 Å². The lowest BCUT2D eigenvalue weighted by Gasteiger charge is -2.36. The molecule has 1 aliphatic heterocycles. The first-order valence-electron chi connectivity index (χ1n) is 12.5. The second-order valence-electron chi connectivity index (χ2n) is 9.33. The molecule has 4 aromatic rings. The lowest BCUT2D eigenvalue weighted by molar-refractivity contribution is -0.384. The molecule has 2 heterocycles. The van der Waals surface area contributed by atoms with E-state index in [0.717, 1.165) is 27.7 Å². The lowest BCUT2D eigenvalue weighted by Crippen LogP contribution is -2.49. The van der Waals surface area contributed by atoms with Gasteiger partial charge in [0.15, 0.2) is 0 Å². The van der Waals surface area contributed by atoms with Crippen molar-refractivity contribution in [1.29, 1.82) is 0 Å². The number of H-pyrrole nitrogens is 1. The Morgan fingerprint density at radius 2 is 1.63 bits per heavy atom. The van der Waals surface area contributed by atoms with Crippen LogP contribution >= 0.6 is 0 Å². The van der Waals surface area contributed by atoms with Gasteiger partial charge < -0.3 is 24.3 Å². The van der Waals surface area contributed by atoms with Crippen LogP contribution in [0.25, 0.3) is 10.9 Å². The maximum Gasteiger partial charge on any atom is 0.269 e. The third-order valence-electron chi connectivity index (χ3n) is 7.21. The van der Waals surface area contributed by atoms with Gasteiger partial charge in [-0.1, -0.05) is 18.2 Å². The molecule has 9 heteroatoms. The monoisotopic (exact) mass is 514 g/mol. The molecule has 1 unspecified atom stereocenters. The summed E-state index contributed by atoms with van der Waals surface area (Å²) in [7, 11) is 3.24. The quantitative estimate of drug-likeness (QED) is 0.263. The standard InChI is InChI=1S/C29H30N4O5/c1-37-23-15-20(16-24(17-23)38-2)26(27-19-30-28-6-4-3-5-25(27)28)18-29(34)32-13-11-31(12-14-32)21-7-9-22(10-8-21)33(35)36/h3-10,15-17,19,26,30H,11-14,18H2,1-2H3. The molecule has 0 bridgehead atoms. The number of hydrogen-bond donors (Lipinski definition) is 1. The molecule has 1 atom stereocenters. The van der Waals surface area contributed by atoms with E-state index in [1.54, 1.807) is 26.4 Å². The Morgan fingerprint density at radius 3 is 2.26 bits per heavy atom. The van der Waals surface area contributed by atoms with Gasteiger partial charge in [0.1, 0.15) is 11.5 Å². The molecule has 196 valence electrons. The molecular formula is C29H30N4O5. The number of anilines is 1. The number of benzene rings is 3. The van der Waals surface area contributed by atoms with Gasteiger partial charge in [-0.3, -0.25) is 14.9 Å². The van der Waals surface area contributed by atoms with Crippen molar-refractivity contribution in [3.8, 4) is 11.5 Å². The predicted molar refractivity (Wildman–Crippen MR) is 146 cm³/mol. The van der Waals surface area contributed by atoms with Crippen molar-refractivity contribution in [3.05, 3.63) is 94.2 Å². The summed E-state index contributed by atoms with van der Waals surface area (Å²) in [5.41, 5.74) is 4.01. The molecule has 1 aliphatic rings. The molecule has 1 amide bonds. The van der Waals surface area contributed by atoms with Crippen molar-refractivity contribution in [2.45, 2.75) is 12.3 Å². The minimum absolute atomic E-state index is 0.0695. The van der Waals surface area contributed by atoms with Crippen LogP contribution in [0.4, 0.5) is 11.4 Å². The fraction of sp³-hybridized carbons (Fsp3) is 0.276. The van der Waals surface area contributed by atoms with Gasteiger partial charge in [-0.2, -0.15) is 0 Å². The number of amides is 1. The van der Waals surface area contributed by atoms with Crippen molar-refractivity contribution < 1.29 is 19.2 Å². The number of carbonyl (C=O) groups is 1. The van der Waals surface area contributed by atoms with E-state index in [0.29, 0.717) is 44.1 Å². The zero-order chi connectivity index (χ0) is 26.6. The fourth-order valence-corrected chi connectivity index (χ4v) is 5.12. The number of para-hydroxylation sites is 1. The smallest absolute Gasteiger partial charge is 0.269 e. The van der Waals surface area contributed by atoms with Crippen LogP contribution in [0.2, 0.25) is 0 Å². The maximum absolute atomic E-state index is 13.6. The van der Waals surface area contributed by atoms with Crippen LogP contribution in [0.15, 0.2) is 72.9 Å². The number of nitro groups is 1. The molecule has 0 saturated carbocycles. The van der Waals surface area contributed by atoms with Crippen LogP contribution in [0.1, 0.15) is 23.5 Å². The minimum Gasteiger partial charge on any atom is -0.497 e. The fourth-order valence-electron chi connectivity index (χ4n) is 5.12. The Bertz CT molecular complexity index is 1420. The average molecular weight is 515 g/mol. The average Bonchev–Trinajstić information content (AvgIpc) is 3.39. The van der Waals surface area contributed by atoms with E-state index in [9.17, 15) is 14.9 Å². The summed E-state index contributed by atoms with van der Waals surface area (Å²) in [5.74, 6) is 1.22. The lowest BCUT2D eigenvalue weighted by atomic mass is 9.87. The van der Waals surface area contributed by atoms with Gasteiger partial charge in [-0.05, 0) is 41.5 Å². The van der Waals surface area contributed by atoms with Crippen LogP contribution in [0.5, 0.6) is 11.5 Å². The molecule has 9 nitrogen and oxygen atoms in total. The van der Waals surface area contributed by atoms with Crippen LogP contribution < -0.4 is 14.4 Å². The molecule has 3 aromatic carbocycles. The van der Waals surface area contributed by atoms with E-state index < -0.39 is 4.92 Å². The number of nitro benzene ring substituents is 1. The first-order valence-corrected chi connectivity index (χ1v) is 12.5. The number of ether oxygens (including phenoxy) is 2. The van der Waals surface area contributed by atoms with Crippen LogP contribution in [-0.2, 0) is 4.79 Å². The SMILES string of the molecule is COc1cc(OC)cc(C(CC(=O)N2CCN(c3ccc([N+](=O)[O-])cc3)CC2)c2c[nH]c3ccccc23)c1. The highest BCUT2D eigenvalue weighted by atomic mass is 16.6. The third-order valence-corrected chi connectivity index (χ3v) is 7.21. The zero-order valence-electron chi connectivity index (χ0n) is 21.4. The molecule has 38 heavy (non-hydrogen) atoms. The van der Waals surface area contributed by atoms with E-state index in [1.165, 1.54) is 12.1 Å². The topological polar surface area (TPSA) is 101 Å². The minimum atomic E-state index is -0.400. The normalized spacial score (nSPS) is 14.4. The van der Waals surface area contributed by atoms with Gasteiger partial charge in [0, 0.05) is 79.5 Å². The highest BCUT2D eigenvalue weighted by Gasteiger charge is 2.27. The Labute approximate surface area is 220 Å². The Morgan fingerprint density at radius 1 is 0.974 bits per heavy atom. The van der Waals surface area contributed by atoms with E-state index in [4.69, 9.17) is 9.47 Å². The van der Waals surface area contributed by atoms with Gasteiger partial charge in [0.05, 0.1) is 19.1 Å². The maximum atomic E-state index is 13.6. The number of methoxy groups -OCH3 is 2. The highest BCUT2D eigenvalue weighted by molar-refractivity contribution is 5.86. The number of non-ortho nitro benzene ring substituents is 1. The van der Waals surface area contributed by atoms with Crippen molar-refractivity contribution in [2.75, 3.05) is 45.3 Å². The number of carbonyl (C=O) groups excluding carboxylic acids is 1. The molecular weight excluding hydrogens is 484 g/mol. The first kappa shape index (κ1) is 25.1. The third kappa shape index (κ3) is 5.13. The number of rotatable bonds is 8. The molecule has 1 N–H and O–H groups in total. The zero-order valence-corrected chi connectivity index (χ0v) is 21.4. The summed E-state index contributed by atoms with van der Waals surface area (Å²) >= 11 is 0. The van der Waals surface area contributed by atoms with Gasteiger partial charge in [-0.15, -0.1) is 0 Å². The largest absolute Gasteiger partial charge is 0.497 e.